The van der Waals surface area contributed by atoms with E-state index in [0.717, 1.165) is 19.5 Å². The molecule has 0 aromatic rings. The Morgan fingerprint density at radius 1 is 1.53 bits per heavy atom. The SMILES string of the molecule is CC(C)CN(C)C(=O)C1CC(C)CCN1. The third-order valence-electron chi connectivity index (χ3n) is 2.98. The highest BCUT2D eigenvalue weighted by atomic mass is 16.2. The number of hydrogen-bond donors (Lipinski definition) is 1. The molecule has 1 saturated heterocycles. The average molecular weight is 212 g/mol. The van der Waals surface area contributed by atoms with Crippen molar-refractivity contribution in [1.82, 2.24) is 10.2 Å². The van der Waals surface area contributed by atoms with E-state index in [1.807, 2.05) is 11.9 Å². The van der Waals surface area contributed by atoms with Crippen LogP contribution in [0.4, 0.5) is 0 Å². The summed E-state index contributed by atoms with van der Waals surface area (Å²) in [6, 6.07) is 0.0532. The topological polar surface area (TPSA) is 32.3 Å². The normalized spacial score (nSPS) is 26.7. The molecule has 2 atom stereocenters. The maximum Gasteiger partial charge on any atom is 0.239 e. The maximum absolute atomic E-state index is 12.0. The van der Waals surface area contributed by atoms with Crippen molar-refractivity contribution < 1.29 is 4.79 Å². The molecule has 0 spiro atoms. The number of piperidine rings is 1. The van der Waals surface area contributed by atoms with Crippen molar-refractivity contribution in [2.75, 3.05) is 20.1 Å². The molecule has 1 aliphatic rings. The highest BCUT2D eigenvalue weighted by Gasteiger charge is 2.26. The van der Waals surface area contributed by atoms with Gasteiger partial charge < -0.3 is 10.2 Å². The number of carbonyl (C=O) groups is 1. The molecule has 1 amide bonds. The second-order valence-electron chi connectivity index (χ2n) is 5.25. The monoisotopic (exact) mass is 212 g/mol. The van der Waals surface area contributed by atoms with Crippen LogP contribution >= 0.6 is 0 Å². The zero-order valence-corrected chi connectivity index (χ0v) is 10.4. The summed E-state index contributed by atoms with van der Waals surface area (Å²) >= 11 is 0. The molecular weight excluding hydrogens is 188 g/mol. The van der Waals surface area contributed by atoms with E-state index in [1.165, 1.54) is 6.42 Å². The van der Waals surface area contributed by atoms with E-state index in [9.17, 15) is 4.79 Å². The molecule has 0 aliphatic carbocycles. The van der Waals surface area contributed by atoms with Gasteiger partial charge in [0.1, 0.15) is 0 Å². The van der Waals surface area contributed by atoms with Crippen LogP contribution in [-0.4, -0.2) is 37.0 Å². The van der Waals surface area contributed by atoms with Crippen molar-refractivity contribution in [1.29, 1.82) is 0 Å². The summed E-state index contributed by atoms with van der Waals surface area (Å²) < 4.78 is 0. The van der Waals surface area contributed by atoms with Gasteiger partial charge in [-0.1, -0.05) is 20.8 Å². The lowest BCUT2D eigenvalue weighted by atomic mass is 9.93. The Morgan fingerprint density at radius 3 is 2.73 bits per heavy atom. The van der Waals surface area contributed by atoms with E-state index in [0.29, 0.717) is 11.8 Å². The van der Waals surface area contributed by atoms with Crippen LogP contribution in [0.2, 0.25) is 0 Å². The predicted octanol–water partition coefficient (Wildman–Crippen LogP) is 1.49. The molecule has 15 heavy (non-hydrogen) atoms. The van der Waals surface area contributed by atoms with Gasteiger partial charge in [0.05, 0.1) is 6.04 Å². The number of likely N-dealkylation sites (N-methyl/N-ethyl adjacent to an activating group) is 1. The Bertz CT molecular complexity index is 216. The molecular formula is C12H24N2O. The van der Waals surface area contributed by atoms with Gasteiger partial charge in [-0.25, -0.2) is 0 Å². The highest BCUT2D eigenvalue weighted by Crippen LogP contribution is 2.16. The first-order valence-electron chi connectivity index (χ1n) is 5.99. The second-order valence-corrected chi connectivity index (χ2v) is 5.25. The van der Waals surface area contributed by atoms with Gasteiger partial charge in [0.2, 0.25) is 5.91 Å². The summed E-state index contributed by atoms with van der Waals surface area (Å²) in [5, 5.41) is 3.31. The number of nitrogens with one attached hydrogen (secondary N) is 1. The number of amides is 1. The Morgan fingerprint density at radius 2 is 2.20 bits per heavy atom. The quantitative estimate of drug-likeness (QED) is 0.768. The Kier molecular flexibility index (Phi) is 4.58. The van der Waals surface area contributed by atoms with Crippen molar-refractivity contribution in [2.45, 2.75) is 39.7 Å². The molecule has 0 aromatic carbocycles. The lowest BCUT2D eigenvalue weighted by Crippen LogP contribution is -2.49. The number of rotatable bonds is 3. The van der Waals surface area contributed by atoms with Crippen LogP contribution in [0.15, 0.2) is 0 Å². The van der Waals surface area contributed by atoms with Gasteiger partial charge >= 0.3 is 0 Å². The molecule has 0 saturated carbocycles. The summed E-state index contributed by atoms with van der Waals surface area (Å²) in [5.41, 5.74) is 0. The van der Waals surface area contributed by atoms with Crippen LogP contribution in [0, 0.1) is 11.8 Å². The van der Waals surface area contributed by atoms with Gasteiger partial charge in [-0.15, -0.1) is 0 Å². The molecule has 1 aliphatic heterocycles. The Hall–Kier alpha value is -0.570. The van der Waals surface area contributed by atoms with Crippen molar-refractivity contribution in [3.05, 3.63) is 0 Å². The van der Waals surface area contributed by atoms with Gasteiger partial charge in [-0.2, -0.15) is 0 Å². The van der Waals surface area contributed by atoms with Crippen LogP contribution in [0.3, 0.4) is 0 Å². The zero-order valence-electron chi connectivity index (χ0n) is 10.4. The highest BCUT2D eigenvalue weighted by molar-refractivity contribution is 5.81. The summed E-state index contributed by atoms with van der Waals surface area (Å²) in [6.07, 6.45) is 2.18. The van der Waals surface area contributed by atoms with Crippen LogP contribution in [-0.2, 0) is 4.79 Å². The average Bonchev–Trinajstić information content (AvgIpc) is 2.15. The standard InChI is InChI=1S/C12H24N2O/c1-9(2)8-14(4)12(15)11-7-10(3)5-6-13-11/h9-11,13H,5-8H2,1-4H3. The molecule has 88 valence electrons. The number of carbonyl (C=O) groups excluding carboxylic acids is 1. The van der Waals surface area contributed by atoms with E-state index in [4.69, 9.17) is 0 Å². The van der Waals surface area contributed by atoms with E-state index >= 15 is 0 Å². The fourth-order valence-electron chi connectivity index (χ4n) is 2.20. The van der Waals surface area contributed by atoms with Gasteiger partial charge in [0.25, 0.3) is 0 Å². The van der Waals surface area contributed by atoms with Crippen LogP contribution in [0.5, 0.6) is 0 Å². The molecule has 3 heteroatoms. The fourth-order valence-corrected chi connectivity index (χ4v) is 2.20. The summed E-state index contributed by atoms with van der Waals surface area (Å²) in [6.45, 7) is 8.34. The van der Waals surface area contributed by atoms with Crippen LogP contribution in [0.1, 0.15) is 33.6 Å². The van der Waals surface area contributed by atoms with Crippen LogP contribution in [0.25, 0.3) is 0 Å². The number of hydrogen-bond acceptors (Lipinski definition) is 2. The molecule has 1 N–H and O–H groups in total. The fraction of sp³-hybridized carbons (Fsp3) is 0.917. The first-order valence-corrected chi connectivity index (χ1v) is 5.99. The summed E-state index contributed by atoms with van der Waals surface area (Å²) in [5.74, 6) is 1.47. The van der Waals surface area contributed by atoms with E-state index in [-0.39, 0.29) is 11.9 Å². The Balaban J connectivity index is 2.44. The minimum atomic E-state index is 0.0532. The summed E-state index contributed by atoms with van der Waals surface area (Å²) in [4.78, 5) is 13.9. The van der Waals surface area contributed by atoms with Crippen molar-refractivity contribution in [3.63, 3.8) is 0 Å². The van der Waals surface area contributed by atoms with Gasteiger partial charge in [0.15, 0.2) is 0 Å². The van der Waals surface area contributed by atoms with Gasteiger partial charge in [0, 0.05) is 13.6 Å². The zero-order chi connectivity index (χ0) is 11.4. The lowest BCUT2D eigenvalue weighted by molar-refractivity contribution is -0.133. The van der Waals surface area contributed by atoms with Crippen LogP contribution < -0.4 is 5.32 Å². The number of nitrogens with zero attached hydrogens (tertiary/aromatic N) is 1. The third-order valence-corrected chi connectivity index (χ3v) is 2.98. The predicted molar refractivity (Wildman–Crippen MR) is 62.7 cm³/mol. The van der Waals surface area contributed by atoms with E-state index in [1.54, 1.807) is 0 Å². The maximum atomic E-state index is 12.0. The molecule has 1 heterocycles. The van der Waals surface area contributed by atoms with E-state index in [2.05, 4.69) is 26.1 Å². The molecule has 0 aromatic heterocycles. The van der Waals surface area contributed by atoms with Crippen molar-refractivity contribution in [3.8, 4) is 0 Å². The second kappa shape index (κ2) is 5.50. The molecule has 3 nitrogen and oxygen atoms in total. The lowest BCUT2D eigenvalue weighted by Gasteiger charge is -2.31. The minimum absolute atomic E-state index is 0.0532. The third kappa shape index (κ3) is 3.82. The van der Waals surface area contributed by atoms with Crippen molar-refractivity contribution >= 4 is 5.91 Å². The first kappa shape index (κ1) is 12.5. The van der Waals surface area contributed by atoms with Gasteiger partial charge in [-0.05, 0) is 31.2 Å². The Labute approximate surface area is 93.2 Å². The first-order chi connectivity index (χ1) is 7.00. The molecule has 1 rings (SSSR count). The largest absolute Gasteiger partial charge is 0.344 e. The molecule has 1 fully saturated rings. The van der Waals surface area contributed by atoms with Gasteiger partial charge in [-0.3, -0.25) is 4.79 Å². The van der Waals surface area contributed by atoms with E-state index < -0.39 is 0 Å². The molecule has 0 bridgehead atoms. The molecule has 2 unspecified atom stereocenters. The minimum Gasteiger partial charge on any atom is -0.344 e. The molecule has 0 radical (unpaired) electrons. The van der Waals surface area contributed by atoms with Crippen molar-refractivity contribution in [2.24, 2.45) is 11.8 Å². The summed E-state index contributed by atoms with van der Waals surface area (Å²) in [7, 11) is 1.91. The smallest absolute Gasteiger partial charge is 0.239 e.